The Morgan fingerprint density at radius 1 is 1.00 bits per heavy atom. The van der Waals surface area contributed by atoms with E-state index in [4.69, 9.17) is 9.47 Å². The summed E-state index contributed by atoms with van der Waals surface area (Å²) in [6.07, 6.45) is -0.481. The molecule has 1 atom stereocenters. The summed E-state index contributed by atoms with van der Waals surface area (Å²) in [5.74, 6) is 2.11. The summed E-state index contributed by atoms with van der Waals surface area (Å²) in [4.78, 5) is 0. The molecular weight excluding hydrogens is 388 g/mol. The molecule has 0 saturated heterocycles. The van der Waals surface area contributed by atoms with Gasteiger partial charge in [-0.3, -0.25) is 0 Å². The fourth-order valence-electron chi connectivity index (χ4n) is 1.69. The van der Waals surface area contributed by atoms with E-state index in [0.29, 0.717) is 11.5 Å². The molecule has 0 aliphatic carbocycles. The van der Waals surface area contributed by atoms with Crippen LogP contribution in [0.1, 0.15) is 18.6 Å². The topological polar surface area (TPSA) is 38.7 Å². The van der Waals surface area contributed by atoms with Gasteiger partial charge in [-0.1, -0.05) is 12.1 Å². The third kappa shape index (κ3) is 3.53. The third-order valence-electron chi connectivity index (χ3n) is 2.80. The number of hydrogen-bond acceptors (Lipinski definition) is 3. The van der Waals surface area contributed by atoms with Gasteiger partial charge in [0.25, 0.3) is 0 Å². The highest BCUT2D eigenvalue weighted by Gasteiger charge is 2.09. The zero-order valence-electron chi connectivity index (χ0n) is 11.1. The summed E-state index contributed by atoms with van der Waals surface area (Å²) in [6, 6.07) is 11.0. The molecule has 0 aliphatic heterocycles. The highest BCUT2D eigenvalue weighted by molar-refractivity contribution is 9.11. The van der Waals surface area contributed by atoms with E-state index in [1.165, 1.54) is 0 Å². The Morgan fingerprint density at radius 2 is 1.55 bits per heavy atom. The molecule has 2 aromatic rings. The fourth-order valence-corrected chi connectivity index (χ4v) is 2.57. The van der Waals surface area contributed by atoms with Crippen molar-refractivity contribution in [1.82, 2.24) is 0 Å². The summed E-state index contributed by atoms with van der Waals surface area (Å²) in [7, 11) is 1.61. The molecule has 106 valence electrons. The molecule has 0 aromatic heterocycles. The maximum atomic E-state index is 9.47. The lowest BCUT2D eigenvalue weighted by molar-refractivity contribution is 0.199. The Balaban J connectivity index is 2.23. The number of rotatable bonds is 4. The summed E-state index contributed by atoms with van der Waals surface area (Å²) in [5, 5.41) is 9.47. The standard InChI is InChI=1S/C15H14Br2O3/c1-9(18)10-3-5-11(6-4-10)20-15-8-12(16)14(19-2)7-13(15)17/h3-9,18H,1-2H3/t9-/m1/s1. The molecule has 20 heavy (non-hydrogen) atoms. The predicted octanol–water partition coefficient (Wildman–Crippen LogP) is 5.07. The van der Waals surface area contributed by atoms with Gasteiger partial charge in [0.1, 0.15) is 17.2 Å². The van der Waals surface area contributed by atoms with Gasteiger partial charge in [-0.25, -0.2) is 0 Å². The van der Waals surface area contributed by atoms with Crippen LogP contribution >= 0.6 is 31.9 Å². The minimum Gasteiger partial charge on any atom is -0.496 e. The van der Waals surface area contributed by atoms with Gasteiger partial charge in [-0.15, -0.1) is 0 Å². The first-order chi connectivity index (χ1) is 9.51. The molecule has 2 rings (SSSR count). The third-order valence-corrected chi connectivity index (χ3v) is 4.04. The summed E-state index contributed by atoms with van der Waals surface area (Å²) in [6.45, 7) is 1.73. The molecule has 0 bridgehead atoms. The minimum atomic E-state index is -0.481. The molecular formula is C15H14Br2O3. The van der Waals surface area contributed by atoms with Crippen LogP contribution in [0.3, 0.4) is 0 Å². The Labute approximate surface area is 134 Å². The first kappa shape index (κ1) is 15.4. The van der Waals surface area contributed by atoms with E-state index >= 15 is 0 Å². The first-order valence-electron chi connectivity index (χ1n) is 6.00. The van der Waals surface area contributed by atoms with E-state index in [2.05, 4.69) is 31.9 Å². The largest absolute Gasteiger partial charge is 0.496 e. The van der Waals surface area contributed by atoms with Gasteiger partial charge in [0.05, 0.1) is 22.2 Å². The van der Waals surface area contributed by atoms with Crippen molar-refractivity contribution in [3.05, 3.63) is 50.9 Å². The molecule has 0 unspecified atom stereocenters. The van der Waals surface area contributed by atoms with E-state index in [1.54, 1.807) is 14.0 Å². The van der Waals surface area contributed by atoms with E-state index in [1.807, 2.05) is 36.4 Å². The molecule has 0 spiro atoms. The molecule has 1 N–H and O–H groups in total. The van der Waals surface area contributed by atoms with Crippen LogP contribution in [-0.2, 0) is 0 Å². The Bertz CT molecular complexity index is 595. The lowest BCUT2D eigenvalue weighted by Gasteiger charge is -2.12. The van der Waals surface area contributed by atoms with Crippen LogP contribution in [0.4, 0.5) is 0 Å². The molecule has 2 aromatic carbocycles. The number of halogens is 2. The summed E-state index contributed by atoms with van der Waals surface area (Å²) in [5.41, 5.74) is 0.854. The van der Waals surface area contributed by atoms with Crippen molar-refractivity contribution in [2.45, 2.75) is 13.0 Å². The number of benzene rings is 2. The maximum Gasteiger partial charge on any atom is 0.143 e. The number of ether oxygens (including phenoxy) is 2. The molecule has 3 nitrogen and oxygen atoms in total. The van der Waals surface area contributed by atoms with Gasteiger partial charge < -0.3 is 14.6 Å². The van der Waals surface area contributed by atoms with Crippen LogP contribution < -0.4 is 9.47 Å². The predicted molar refractivity (Wildman–Crippen MR) is 85.5 cm³/mol. The molecule has 0 amide bonds. The smallest absolute Gasteiger partial charge is 0.143 e. The van der Waals surface area contributed by atoms with E-state index in [0.717, 1.165) is 20.3 Å². The summed E-state index contributed by atoms with van der Waals surface area (Å²) >= 11 is 6.88. The molecule has 0 fully saturated rings. The Hall–Kier alpha value is -1.04. The van der Waals surface area contributed by atoms with Crippen LogP contribution in [0.25, 0.3) is 0 Å². The van der Waals surface area contributed by atoms with Crippen molar-refractivity contribution >= 4 is 31.9 Å². The van der Waals surface area contributed by atoms with Crippen molar-refractivity contribution in [3.8, 4) is 17.2 Å². The maximum absolute atomic E-state index is 9.47. The van der Waals surface area contributed by atoms with Gasteiger partial charge in [-0.2, -0.15) is 0 Å². The van der Waals surface area contributed by atoms with Gasteiger partial charge in [0, 0.05) is 0 Å². The fraction of sp³-hybridized carbons (Fsp3) is 0.200. The normalized spacial score (nSPS) is 12.1. The van der Waals surface area contributed by atoms with Crippen LogP contribution in [0.5, 0.6) is 17.2 Å². The average Bonchev–Trinajstić information content (AvgIpc) is 2.43. The van der Waals surface area contributed by atoms with Crippen molar-refractivity contribution in [2.24, 2.45) is 0 Å². The second kappa shape index (κ2) is 6.61. The zero-order chi connectivity index (χ0) is 14.7. The molecule has 0 heterocycles. The first-order valence-corrected chi connectivity index (χ1v) is 7.58. The lowest BCUT2D eigenvalue weighted by Crippen LogP contribution is -1.92. The molecule has 0 radical (unpaired) electrons. The number of aliphatic hydroxyl groups excluding tert-OH is 1. The van der Waals surface area contributed by atoms with E-state index < -0.39 is 6.10 Å². The highest BCUT2D eigenvalue weighted by Crippen LogP contribution is 2.38. The van der Waals surface area contributed by atoms with Crippen LogP contribution in [0.15, 0.2) is 45.3 Å². The summed E-state index contributed by atoms with van der Waals surface area (Å²) < 4.78 is 12.6. The molecule has 0 saturated carbocycles. The van der Waals surface area contributed by atoms with Crippen molar-refractivity contribution in [3.63, 3.8) is 0 Å². The van der Waals surface area contributed by atoms with Crippen molar-refractivity contribution in [2.75, 3.05) is 7.11 Å². The highest BCUT2D eigenvalue weighted by atomic mass is 79.9. The van der Waals surface area contributed by atoms with Crippen molar-refractivity contribution < 1.29 is 14.6 Å². The van der Waals surface area contributed by atoms with E-state index in [-0.39, 0.29) is 0 Å². The van der Waals surface area contributed by atoms with Crippen molar-refractivity contribution in [1.29, 1.82) is 0 Å². The average molecular weight is 402 g/mol. The monoisotopic (exact) mass is 400 g/mol. The van der Waals surface area contributed by atoms with Gasteiger partial charge in [0.2, 0.25) is 0 Å². The van der Waals surface area contributed by atoms with Crippen LogP contribution in [-0.4, -0.2) is 12.2 Å². The Kier molecular flexibility index (Phi) is 5.07. The van der Waals surface area contributed by atoms with Gasteiger partial charge in [-0.05, 0) is 68.6 Å². The lowest BCUT2D eigenvalue weighted by atomic mass is 10.1. The second-order valence-electron chi connectivity index (χ2n) is 4.26. The molecule has 0 aliphatic rings. The number of aliphatic hydroxyl groups is 1. The molecule has 5 heteroatoms. The zero-order valence-corrected chi connectivity index (χ0v) is 14.2. The Morgan fingerprint density at radius 3 is 2.10 bits per heavy atom. The number of hydrogen-bond donors (Lipinski definition) is 1. The van der Waals surface area contributed by atoms with Crippen LogP contribution in [0, 0.1) is 0 Å². The minimum absolute atomic E-state index is 0.481. The second-order valence-corrected chi connectivity index (χ2v) is 5.97. The van der Waals surface area contributed by atoms with Gasteiger partial charge >= 0.3 is 0 Å². The van der Waals surface area contributed by atoms with Crippen LogP contribution in [0.2, 0.25) is 0 Å². The SMILES string of the molecule is COc1cc(Br)c(Oc2ccc([C@@H](C)O)cc2)cc1Br. The number of methoxy groups -OCH3 is 1. The quantitative estimate of drug-likeness (QED) is 0.777. The van der Waals surface area contributed by atoms with E-state index in [9.17, 15) is 5.11 Å². The van der Waals surface area contributed by atoms with Gasteiger partial charge in [0.15, 0.2) is 0 Å².